The summed E-state index contributed by atoms with van der Waals surface area (Å²) in [5.74, 6) is 0.721. The number of ether oxygens (including phenoxy) is 2. The molecule has 1 unspecified atom stereocenters. The summed E-state index contributed by atoms with van der Waals surface area (Å²) in [5.41, 5.74) is -0.381. The van der Waals surface area contributed by atoms with Crippen LogP contribution in [0.1, 0.15) is 24.1 Å². The van der Waals surface area contributed by atoms with E-state index in [2.05, 4.69) is 5.32 Å². The van der Waals surface area contributed by atoms with E-state index < -0.39 is 23.7 Å². The van der Waals surface area contributed by atoms with Crippen LogP contribution in [-0.4, -0.2) is 19.6 Å². The fraction of sp³-hybridized carbons (Fsp3) is 0.278. The Morgan fingerprint density at radius 2 is 1.76 bits per heavy atom. The third-order valence-corrected chi connectivity index (χ3v) is 3.52. The lowest BCUT2D eigenvalue weighted by molar-refractivity contribution is -0.137. The average molecular weight is 353 g/mol. The monoisotopic (exact) mass is 353 g/mol. The van der Waals surface area contributed by atoms with Crippen molar-refractivity contribution < 1.29 is 27.4 Å². The van der Waals surface area contributed by atoms with Crippen molar-refractivity contribution >= 4 is 5.91 Å². The molecule has 25 heavy (non-hydrogen) atoms. The molecule has 7 heteroatoms. The number of carbonyl (C=O) groups excluding carboxylic acids is 1. The first kappa shape index (κ1) is 18.6. The molecule has 0 aliphatic heterocycles. The first-order valence-electron chi connectivity index (χ1n) is 7.53. The molecule has 0 saturated heterocycles. The van der Waals surface area contributed by atoms with Crippen LogP contribution >= 0.6 is 0 Å². The van der Waals surface area contributed by atoms with Gasteiger partial charge in [-0.25, -0.2) is 0 Å². The number of hydrogen-bond acceptors (Lipinski definition) is 3. The maximum atomic E-state index is 12.7. The normalized spacial score (nSPS) is 12.4. The molecule has 1 amide bonds. The summed E-state index contributed by atoms with van der Waals surface area (Å²) in [6.45, 7) is 1.37. The molecule has 4 nitrogen and oxygen atoms in total. The molecule has 0 aromatic heterocycles. The van der Waals surface area contributed by atoms with Crippen molar-refractivity contribution in [2.24, 2.45) is 0 Å². The van der Waals surface area contributed by atoms with Crippen molar-refractivity contribution in [3.05, 3.63) is 59.7 Å². The van der Waals surface area contributed by atoms with Crippen molar-refractivity contribution in [1.29, 1.82) is 0 Å². The number of amides is 1. The zero-order chi connectivity index (χ0) is 18.4. The molecule has 1 atom stereocenters. The number of rotatable bonds is 6. The maximum Gasteiger partial charge on any atom is 0.416 e. The molecule has 0 fully saturated rings. The minimum atomic E-state index is -4.42. The summed E-state index contributed by atoms with van der Waals surface area (Å²) in [6.07, 6.45) is -4.42. The summed E-state index contributed by atoms with van der Waals surface area (Å²) in [4.78, 5) is 11.9. The molecule has 0 aliphatic carbocycles. The van der Waals surface area contributed by atoms with Crippen LogP contribution in [0.3, 0.4) is 0 Å². The van der Waals surface area contributed by atoms with Gasteiger partial charge in [0.25, 0.3) is 5.91 Å². The van der Waals surface area contributed by atoms with Gasteiger partial charge < -0.3 is 14.8 Å². The molecule has 0 heterocycles. The van der Waals surface area contributed by atoms with Gasteiger partial charge >= 0.3 is 6.18 Å². The number of benzene rings is 2. The fourth-order valence-corrected chi connectivity index (χ4v) is 2.17. The Kier molecular flexibility index (Phi) is 5.90. The molecule has 1 N–H and O–H groups in total. The molecule has 2 aromatic rings. The predicted octanol–water partition coefficient (Wildman–Crippen LogP) is 3.97. The molecule has 0 bridgehead atoms. The minimum Gasteiger partial charge on any atom is -0.497 e. The highest BCUT2D eigenvalue weighted by molar-refractivity contribution is 5.78. The van der Waals surface area contributed by atoms with Gasteiger partial charge in [0.05, 0.1) is 18.7 Å². The summed E-state index contributed by atoms with van der Waals surface area (Å²) >= 11 is 0. The number of alkyl halides is 3. The van der Waals surface area contributed by atoms with Crippen LogP contribution in [0.25, 0.3) is 0 Å². The Balaban J connectivity index is 1.91. The number of halogens is 3. The van der Waals surface area contributed by atoms with Crippen molar-refractivity contribution in [3.8, 4) is 11.5 Å². The smallest absolute Gasteiger partial charge is 0.416 e. The Morgan fingerprint density at radius 3 is 2.36 bits per heavy atom. The van der Waals surface area contributed by atoms with Gasteiger partial charge in [-0.2, -0.15) is 13.2 Å². The van der Waals surface area contributed by atoms with Gasteiger partial charge in [0, 0.05) is 0 Å². The Bertz CT molecular complexity index is 714. The largest absolute Gasteiger partial charge is 0.497 e. The molecule has 0 radical (unpaired) electrons. The average Bonchev–Trinajstić information content (AvgIpc) is 2.59. The van der Waals surface area contributed by atoms with Crippen LogP contribution < -0.4 is 14.8 Å². The second-order valence-corrected chi connectivity index (χ2v) is 5.38. The van der Waals surface area contributed by atoms with Gasteiger partial charge in [0.15, 0.2) is 6.61 Å². The molecule has 0 spiro atoms. The SMILES string of the molecule is COc1ccc(OCC(=O)NC(C)c2cccc(C(F)(F)F)c2)cc1. The lowest BCUT2D eigenvalue weighted by Gasteiger charge is -2.16. The van der Waals surface area contributed by atoms with Crippen LogP contribution in [0.2, 0.25) is 0 Å². The summed E-state index contributed by atoms with van der Waals surface area (Å²) < 4.78 is 48.6. The van der Waals surface area contributed by atoms with E-state index in [0.717, 1.165) is 12.1 Å². The van der Waals surface area contributed by atoms with Gasteiger partial charge in [0.1, 0.15) is 11.5 Å². The van der Waals surface area contributed by atoms with Gasteiger partial charge in [-0.05, 0) is 48.9 Å². The van der Waals surface area contributed by atoms with Gasteiger partial charge in [-0.15, -0.1) is 0 Å². The van der Waals surface area contributed by atoms with Crippen LogP contribution in [-0.2, 0) is 11.0 Å². The van der Waals surface area contributed by atoms with Crippen molar-refractivity contribution in [2.75, 3.05) is 13.7 Å². The van der Waals surface area contributed by atoms with Gasteiger partial charge in [0.2, 0.25) is 0 Å². The predicted molar refractivity (Wildman–Crippen MR) is 86.5 cm³/mol. The van der Waals surface area contributed by atoms with E-state index >= 15 is 0 Å². The van der Waals surface area contributed by atoms with E-state index in [1.807, 2.05) is 0 Å². The first-order chi connectivity index (χ1) is 11.8. The molecule has 0 saturated carbocycles. The third kappa shape index (κ3) is 5.41. The lowest BCUT2D eigenvalue weighted by Crippen LogP contribution is -2.31. The Labute approximate surface area is 143 Å². The van der Waals surface area contributed by atoms with Gasteiger partial charge in [-0.3, -0.25) is 4.79 Å². The Morgan fingerprint density at radius 1 is 1.12 bits per heavy atom. The molecule has 134 valence electrons. The third-order valence-electron chi connectivity index (χ3n) is 3.52. The van der Waals surface area contributed by atoms with E-state index in [1.165, 1.54) is 12.1 Å². The van der Waals surface area contributed by atoms with E-state index in [1.54, 1.807) is 38.3 Å². The topological polar surface area (TPSA) is 47.6 Å². The summed E-state index contributed by atoms with van der Waals surface area (Å²) in [6, 6.07) is 11.0. The maximum absolute atomic E-state index is 12.7. The molecule has 2 aromatic carbocycles. The highest BCUT2D eigenvalue weighted by Gasteiger charge is 2.30. The van der Waals surface area contributed by atoms with Crippen LogP contribution in [0.15, 0.2) is 48.5 Å². The number of carbonyl (C=O) groups is 1. The quantitative estimate of drug-likeness (QED) is 0.855. The standard InChI is InChI=1S/C18H18F3NO3/c1-12(13-4-3-5-14(10-13)18(19,20)21)22-17(23)11-25-16-8-6-15(24-2)7-9-16/h3-10,12H,11H2,1-2H3,(H,22,23). The van der Waals surface area contributed by atoms with Crippen molar-refractivity contribution in [1.82, 2.24) is 5.32 Å². The first-order valence-corrected chi connectivity index (χ1v) is 7.53. The van der Waals surface area contributed by atoms with Crippen LogP contribution in [0, 0.1) is 0 Å². The second kappa shape index (κ2) is 7.92. The highest BCUT2D eigenvalue weighted by atomic mass is 19.4. The van der Waals surface area contributed by atoms with E-state index in [4.69, 9.17) is 9.47 Å². The van der Waals surface area contributed by atoms with Crippen molar-refractivity contribution in [3.63, 3.8) is 0 Å². The number of methoxy groups -OCH3 is 1. The molecule has 2 rings (SSSR count). The Hall–Kier alpha value is -2.70. The zero-order valence-corrected chi connectivity index (χ0v) is 13.8. The number of hydrogen-bond donors (Lipinski definition) is 1. The summed E-state index contributed by atoms with van der Waals surface area (Å²) in [5, 5.41) is 2.61. The van der Waals surface area contributed by atoms with Crippen molar-refractivity contribution in [2.45, 2.75) is 19.1 Å². The highest BCUT2D eigenvalue weighted by Crippen LogP contribution is 2.30. The van der Waals surface area contributed by atoms with Crippen LogP contribution in [0.4, 0.5) is 13.2 Å². The number of nitrogens with one attached hydrogen (secondary N) is 1. The summed E-state index contributed by atoms with van der Waals surface area (Å²) in [7, 11) is 1.54. The van der Waals surface area contributed by atoms with E-state index in [0.29, 0.717) is 17.1 Å². The molecule has 0 aliphatic rings. The minimum absolute atomic E-state index is 0.240. The van der Waals surface area contributed by atoms with Gasteiger partial charge in [-0.1, -0.05) is 12.1 Å². The van der Waals surface area contributed by atoms with E-state index in [-0.39, 0.29) is 6.61 Å². The second-order valence-electron chi connectivity index (χ2n) is 5.38. The molecular weight excluding hydrogens is 335 g/mol. The van der Waals surface area contributed by atoms with E-state index in [9.17, 15) is 18.0 Å². The lowest BCUT2D eigenvalue weighted by atomic mass is 10.0. The molecular formula is C18H18F3NO3. The fourth-order valence-electron chi connectivity index (χ4n) is 2.17. The van der Waals surface area contributed by atoms with Crippen LogP contribution in [0.5, 0.6) is 11.5 Å². The zero-order valence-electron chi connectivity index (χ0n) is 13.8.